The summed E-state index contributed by atoms with van der Waals surface area (Å²) < 4.78 is 14.8. The van der Waals surface area contributed by atoms with E-state index >= 15 is 0 Å². The van der Waals surface area contributed by atoms with Crippen LogP contribution in [0.2, 0.25) is 0 Å². The van der Waals surface area contributed by atoms with Crippen molar-refractivity contribution in [3.05, 3.63) is 88.0 Å². The molecule has 0 atom stereocenters. The second-order valence-corrected chi connectivity index (χ2v) is 10.1. The molecule has 0 bridgehead atoms. The molecular weight excluding hydrogens is 335 g/mol. The van der Waals surface area contributed by atoms with E-state index in [1.54, 1.807) is 0 Å². The molecule has 0 aromatic heterocycles. The van der Waals surface area contributed by atoms with Gasteiger partial charge in [-0.2, -0.15) is 0 Å². The molecule has 3 aromatic rings. The minimum atomic E-state index is -2.95. The minimum absolute atomic E-state index is 0.946. The van der Waals surface area contributed by atoms with Crippen molar-refractivity contribution in [3.63, 3.8) is 0 Å². The Kier molecular flexibility index (Phi) is 4.95. The normalized spacial score (nSPS) is 11.6. The van der Waals surface area contributed by atoms with E-state index in [1.165, 1.54) is 16.7 Å². The van der Waals surface area contributed by atoms with Crippen LogP contribution in [0.5, 0.6) is 0 Å². The lowest BCUT2D eigenvalue weighted by molar-refractivity contribution is 0.592. The lowest BCUT2D eigenvalue weighted by Gasteiger charge is -2.25. The highest BCUT2D eigenvalue weighted by molar-refractivity contribution is 7.85. The second-order valence-electron chi connectivity index (χ2n) is 7.48. The Balaban J connectivity index is 2.41. The van der Waals surface area contributed by atoms with Crippen LogP contribution in [0, 0.1) is 41.5 Å². The van der Waals surface area contributed by atoms with Crippen LogP contribution >= 0.6 is 7.14 Å². The number of rotatable bonds is 3. The van der Waals surface area contributed by atoms with Crippen molar-refractivity contribution in [1.29, 1.82) is 0 Å². The highest BCUT2D eigenvalue weighted by Gasteiger charge is 2.33. The maximum atomic E-state index is 14.8. The topological polar surface area (TPSA) is 17.1 Å². The summed E-state index contributed by atoms with van der Waals surface area (Å²) in [5.74, 6) is 0. The van der Waals surface area contributed by atoms with Crippen molar-refractivity contribution in [3.8, 4) is 0 Å². The van der Waals surface area contributed by atoms with E-state index in [4.69, 9.17) is 0 Å². The highest BCUT2D eigenvalue weighted by Crippen LogP contribution is 2.45. The fourth-order valence-corrected chi connectivity index (χ4v) is 7.18. The van der Waals surface area contributed by atoms with E-state index in [9.17, 15) is 4.57 Å². The lowest BCUT2D eigenvalue weighted by atomic mass is 10.1. The number of aryl methyl sites for hydroxylation is 6. The third-order valence-corrected chi connectivity index (χ3v) is 8.62. The van der Waals surface area contributed by atoms with Gasteiger partial charge in [-0.15, -0.1) is 0 Å². The zero-order valence-electron chi connectivity index (χ0n) is 16.6. The van der Waals surface area contributed by atoms with E-state index in [1.807, 2.05) is 0 Å². The number of benzene rings is 3. The van der Waals surface area contributed by atoms with E-state index in [0.29, 0.717) is 0 Å². The van der Waals surface area contributed by atoms with Gasteiger partial charge in [0.15, 0.2) is 7.14 Å². The van der Waals surface area contributed by atoms with Crippen LogP contribution in [-0.2, 0) is 4.57 Å². The molecule has 0 N–H and O–H groups in total. The number of hydrogen-bond donors (Lipinski definition) is 0. The molecule has 0 spiro atoms. The van der Waals surface area contributed by atoms with E-state index in [-0.39, 0.29) is 0 Å². The van der Waals surface area contributed by atoms with Gasteiger partial charge in [0.25, 0.3) is 0 Å². The highest BCUT2D eigenvalue weighted by atomic mass is 31.2. The van der Waals surface area contributed by atoms with Crippen LogP contribution in [0.4, 0.5) is 0 Å². The Labute approximate surface area is 157 Å². The fourth-order valence-electron chi connectivity index (χ4n) is 3.87. The largest absolute Gasteiger partial charge is 0.309 e. The van der Waals surface area contributed by atoms with E-state index < -0.39 is 7.14 Å². The Bertz CT molecular complexity index is 898. The van der Waals surface area contributed by atoms with Crippen molar-refractivity contribution < 1.29 is 4.57 Å². The second kappa shape index (κ2) is 6.89. The van der Waals surface area contributed by atoms with Crippen molar-refractivity contribution >= 4 is 23.1 Å². The van der Waals surface area contributed by atoms with E-state index in [0.717, 1.165) is 32.6 Å². The average Bonchev–Trinajstić information content (AvgIpc) is 2.54. The monoisotopic (exact) mass is 362 g/mol. The molecule has 26 heavy (non-hydrogen) atoms. The van der Waals surface area contributed by atoms with Gasteiger partial charge in [-0.1, -0.05) is 71.3 Å². The van der Waals surface area contributed by atoms with Crippen LogP contribution in [0.15, 0.2) is 54.6 Å². The Morgan fingerprint density at radius 2 is 0.769 bits per heavy atom. The lowest BCUT2D eigenvalue weighted by Crippen LogP contribution is -2.29. The molecule has 134 valence electrons. The van der Waals surface area contributed by atoms with Gasteiger partial charge in [-0.05, 0) is 58.2 Å². The zero-order valence-corrected chi connectivity index (χ0v) is 17.4. The maximum absolute atomic E-state index is 14.8. The maximum Gasteiger partial charge on any atom is 0.171 e. The molecule has 0 aliphatic rings. The third kappa shape index (κ3) is 3.17. The fraction of sp³-hybridized carbons (Fsp3) is 0.250. The molecule has 0 saturated heterocycles. The van der Waals surface area contributed by atoms with Crippen LogP contribution in [-0.4, -0.2) is 0 Å². The van der Waals surface area contributed by atoms with Crippen molar-refractivity contribution in [2.75, 3.05) is 0 Å². The predicted octanol–water partition coefficient (Wildman–Crippen LogP) is 5.18. The Hall–Kier alpha value is -2.11. The summed E-state index contributed by atoms with van der Waals surface area (Å²) in [5, 5.41) is 2.84. The molecule has 0 unspecified atom stereocenters. The first-order chi connectivity index (χ1) is 12.2. The van der Waals surface area contributed by atoms with Crippen LogP contribution in [0.1, 0.15) is 33.4 Å². The Morgan fingerprint density at radius 3 is 1.00 bits per heavy atom. The molecule has 0 aliphatic heterocycles. The smallest absolute Gasteiger partial charge is 0.171 e. The van der Waals surface area contributed by atoms with Gasteiger partial charge in [0.05, 0.1) is 0 Å². The molecule has 3 rings (SSSR count). The summed E-state index contributed by atoms with van der Waals surface area (Å²) >= 11 is 0. The average molecular weight is 362 g/mol. The van der Waals surface area contributed by atoms with Gasteiger partial charge in [0, 0.05) is 15.9 Å². The van der Waals surface area contributed by atoms with E-state index in [2.05, 4.69) is 96.1 Å². The van der Waals surface area contributed by atoms with Gasteiger partial charge >= 0.3 is 0 Å². The standard InChI is InChI=1S/C24H27OP/c1-16-7-10-22(19(4)13-16)26(25,23-11-8-17(2)14-20(23)5)24-12-9-18(3)15-21(24)6/h7-15H,1-6H3. The van der Waals surface area contributed by atoms with Gasteiger partial charge < -0.3 is 4.57 Å². The van der Waals surface area contributed by atoms with Crippen LogP contribution < -0.4 is 15.9 Å². The van der Waals surface area contributed by atoms with Crippen molar-refractivity contribution in [2.24, 2.45) is 0 Å². The van der Waals surface area contributed by atoms with Gasteiger partial charge in [-0.25, -0.2) is 0 Å². The van der Waals surface area contributed by atoms with Gasteiger partial charge in [0.2, 0.25) is 0 Å². The first kappa shape index (κ1) is 18.7. The van der Waals surface area contributed by atoms with Gasteiger partial charge in [0.1, 0.15) is 0 Å². The molecule has 0 heterocycles. The summed E-state index contributed by atoms with van der Waals surface area (Å²) in [6.07, 6.45) is 0. The SMILES string of the molecule is Cc1ccc(P(=O)(c2ccc(C)cc2C)c2ccc(C)cc2C)c(C)c1. The molecule has 0 aliphatic carbocycles. The van der Waals surface area contributed by atoms with Crippen molar-refractivity contribution in [2.45, 2.75) is 41.5 Å². The van der Waals surface area contributed by atoms with Crippen molar-refractivity contribution in [1.82, 2.24) is 0 Å². The minimum Gasteiger partial charge on any atom is -0.309 e. The molecule has 1 nitrogen and oxygen atoms in total. The third-order valence-electron chi connectivity index (χ3n) is 5.07. The zero-order chi connectivity index (χ0) is 19.1. The molecular formula is C24H27OP. The molecule has 3 aromatic carbocycles. The first-order valence-electron chi connectivity index (χ1n) is 9.07. The molecule has 0 amide bonds. The summed E-state index contributed by atoms with van der Waals surface area (Å²) in [7, 11) is -2.95. The first-order valence-corrected chi connectivity index (χ1v) is 10.8. The molecule has 2 heteroatoms. The van der Waals surface area contributed by atoms with Crippen LogP contribution in [0.3, 0.4) is 0 Å². The Morgan fingerprint density at radius 1 is 0.500 bits per heavy atom. The van der Waals surface area contributed by atoms with Gasteiger partial charge in [-0.3, -0.25) is 0 Å². The quantitative estimate of drug-likeness (QED) is 0.587. The van der Waals surface area contributed by atoms with Crippen LogP contribution in [0.25, 0.3) is 0 Å². The summed E-state index contributed by atoms with van der Waals surface area (Å²) in [6, 6.07) is 18.8. The molecule has 0 fully saturated rings. The number of hydrogen-bond acceptors (Lipinski definition) is 1. The summed E-state index contributed by atoms with van der Waals surface area (Å²) in [6.45, 7) is 12.5. The summed E-state index contributed by atoms with van der Waals surface area (Å²) in [5.41, 5.74) is 6.85. The molecule has 0 radical (unpaired) electrons. The predicted molar refractivity (Wildman–Crippen MR) is 114 cm³/mol. The summed E-state index contributed by atoms with van der Waals surface area (Å²) in [4.78, 5) is 0. The molecule has 0 saturated carbocycles.